The van der Waals surface area contributed by atoms with Crippen LogP contribution < -0.4 is 5.32 Å². The predicted molar refractivity (Wildman–Crippen MR) is 125 cm³/mol. The number of carbonyl (C=O) groups excluding carboxylic acids is 2. The second-order valence-corrected chi connectivity index (χ2v) is 7.08. The second-order valence-electron chi connectivity index (χ2n) is 7.08. The van der Waals surface area contributed by atoms with Gasteiger partial charge in [-0.1, -0.05) is 54.6 Å². The highest BCUT2D eigenvalue weighted by atomic mass is 16.7. The van der Waals surface area contributed by atoms with Crippen molar-refractivity contribution in [2.24, 2.45) is 0 Å². The molecule has 1 N–H and O–H groups in total. The highest BCUT2D eigenvalue weighted by Gasteiger charge is 2.20. The van der Waals surface area contributed by atoms with Crippen molar-refractivity contribution in [3.63, 3.8) is 0 Å². The minimum absolute atomic E-state index is 0.0501. The van der Waals surface area contributed by atoms with Crippen LogP contribution in [0, 0.1) is 6.92 Å². The van der Waals surface area contributed by atoms with Gasteiger partial charge in [0.25, 0.3) is 5.91 Å². The molecule has 1 heterocycles. The van der Waals surface area contributed by atoms with Crippen molar-refractivity contribution in [3.8, 4) is 0 Å². The molecule has 0 spiro atoms. The lowest BCUT2D eigenvalue weighted by atomic mass is 10.2. The summed E-state index contributed by atoms with van der Waals surface area (Å²) in [6, 6.07) is 19.2. The van der Waals surface area contributed by atoms with Gasteiger partial charge in [0, 0.05) is 25.0 Å². The topological polar surface area (TPSA) is 93.7 Å². The standard InChI is InChI=1S/C25H26N4O4/c1-19-26-17-22(23(27-19)28-21-13-7-4-8-14-21)24(30)29(18-20-11-5-3-6-12-20)15-9-10-16-33-25(31)32-2/h3-14,17H,15-16,18H2,1-2H3,(H,26,27,28)/b10-9+. The van der Waals surface area contributed by atoms with E-state index in [-0.39, 0.29) is 12.5 Å². The number of benzene rings is 2. The number of hydrogen-bond donors (Lipinski definition) is 1. The highest BCUT2D eigenvalue weighted by Crippen LogP contribution is 2.21. The van der Waals surface area contributed by atoms with Crippen molar-refractivity contribution in [1.82, 2.24) is 14.9 Å². The fourth-order valence-corrected chi connectivity index (χ4v) is 3.02. The molecule has 0 bridgehead atoms. The smallest absolute Gasteiger partial charge is 0.438 e. The first kappa shape index (κ1) is 23.5. The van der Waals surface area contributed by atoms with Crippen LogP contribution in [0.5, 0.6) is 0 Å². The number of rotatable bonds is 9. The van der Waals surface area contributed by atoms with Gasteiger partial charge in [0.05, 0.1) is 7.11 Å². The Morgan fingerprint density at radius 1 is 1.03 bits per heavy atom. The molecule has 0 aliphatic rings. The Morgan fingerprint density at radius 3 is 2.42 bits per heavy atom. The summed E-state index contributed by atoms with van der Waals surface area (Å²) in [7, 11) is 1.25. The second kappa shape index (κ2) is 12.0. The van der Waals surface area contributed by atoms with Crippen LogP contribution in [0.4, 0.5) is 16.3 Å². The normalized spacial score (nSPS) is 10.6. The third-order valence-corrected chi connectivity index (χ3v) is 4.64. The summed E-state index contributed by atoms with van der Waals surface area (Å²) in [5.41, 5.74) is 2.16. The van der Waals surface area contributed by atoms with Gasteiger partial charge in [-0.2, -0.15) is 0 Å². The molecule has 0 saturated carbocycles. The summed E-state index contributed by atoms with van der Waals surface area (Å²) in [5.74, 6) is 0.769. The summed E-state index contributed by atoms with van der Waals surface area (Å²) < 4.78 is 9.30. The summed E-state index contributed by atoms with van der Waals surface area (Å²) >= 11 is 0. The number of anilines is 2. The minimum atomic E-state index is -0.759. The zero-order valence-electron chi connectivity index (χ0n) is 18.6. The molecule has 0 unspecified atom stereocenters. The van der Waals surface area contributed by atoms with Crippen molar-refractivity contribution in [3.05, 3.63) is 96.0 Å². The molecule has 0 aliphatic heterocycles. The number of ether oxygens (including phenoxy) is 2. The van der Waals surface area contributed by atoms with E-state index in [1.54, 1.807) is 24.0 Å². The van der Waals surface area contributed by atoms with Crippen LogP contribution in [-0.4, -0.2) is 47.2 Å². The maximum Gasteiger partial charge on any atom is 0.508 e. The Hall–Kier alpha value is -4.20. The van der Waals surface area contributed by atoms with E-state index in [0.29, 0.717) is 30.3 Å². The van der Waals surface area contributed by atoms with Crippen LogP contribution >= 0.6 is 0 Å². The van der Waals surface area contributed by atoms with Gasteiger partial charge in [-0.25, -0.2) is 14.8 Å². The van der Waals surface area contributed by atoms with E-state index < -0.39 is 6.16 Å². The maximum absolute atomic E-state index is 13.6. The molecule has 0 radical (unpaired) electrons. The first-order valence-corrected chi connectivity index (χ1v) is 10.4. The molecule has 2 aromatic carbocycles. The van der Waals surface area contributed by atoms with E-state index >= 15 is 0 Å². The monoisotopic (exact) mass is 446 g/mol. The van der Waals surface area contributed by atoms with Gasteiger partial charge < -0.3 is 19.7 Å². The van der Waals surface area contributed by atoms with Gasteiger partial charge in [0.1, 0.15) is 23.8 Å². The van der Waals surface area contributed by atoms with E-state index in [4.69, 9.17) is 4.74 Å². The molecule has 170 valence electrons. The molecule has 0 fully saturated rings. The molecule has 3 rings (SSSR count). The molecule has 8 nitrogen and oxygen atoms in total. The van der Waals surface area contributed by atoms with Gasteiger partial charge in [-0.3, -0.25) is 4.79 Å². The van der Waals surface area contributed by atoms with Crippen LogP contribution in [0.15, 0.2) is 79.0 Å². The number of amides is 1. The Bertz CT molecular complexity index is 1090. The van der Waals surface area contributed by atoms with Crippen molar-refractivity contribution < 1.29 is 19.1 Å². The molecule has 8 heteroatoms. The molecular weight excluding hydrogens is 420 g/mol. The third-order valence-electron chi connectivity index (χ3n) is 4.64. The number of carbonyl (C=O) groups is 2. The average molecular weight is 447 g/mol. The van der Waals surface area contributed by atoms with E-state index in [1.165, 1.54) is 13.3 Å². The van der Waals surface area contributed by atoms with Gasteiger partial charge in [-0.15, -0.1) is 0 Å². The number of nitrogens with one attached hydrogen (secondary N) is 1. The van der Waals surface area contributed by atoms with Gasteiger partial charge in [0.15, 0.2) is 0 Å². The van der Waals surface area contributed by atoms with Crippen molar-refractivity contribution in [2.75, 3.05) is 25.6 Å². The Labute approximate surface area is 192 Å². The first-order chi connectivity index (χ1) is 16.1. The quantitative estimate of drug-likeness (QED) is 0.382. The first-order valence-electron chi connectivity index (χ1n) is 10.4. The lowest BCUT2D eigenvalue weighted by molar-refractivity contribution is 0.0756. The molecule has 1 aromatic heterocycles. The number of para-hydroxylation sites is 1. The van der Waals surface area contributed by atoms with E-state index in [2.05, 4.69) is 20.0 Å². The molecular formula is C25H26N4O4. The number of nitrogens with zero attached hydrogens (tertiary/aromatic N) is 3. The summed E-state index contributed by atoms with van der Waals surface area (Å²) in [5, 5.41) is 3.22. The molecule has 33 heavy (non-hydrogen) atoms. The fourth-order valence-electron chi connectivity index (χ4n) is 3.02. The van der Waals surface area contributed by atoms with Crippen molar-refractivity contribution in [2.45, 2.75) is 13.5 Å². The van der Waals surface area contributed by atoms with Crippen LogP contribution in [0.3, 0.4) is 0 Å². The molecule has 0 aliphatic carbocycles. The molecule has 3 aromatic rings. The fraction of sp³-hybridized carbons (Fsp3) is 0.200. The van der Waals surface area contributed by atoms with E-state index in [9.17, 15) is 9.59 Å². The maximum atomic E-state index is 13.6. The Kier molecular flexibility index (Phi) is 8.53. The summed E-state index contributed by atoms with van der Waals surface area (Å²) in [6.45, 7) is 2.52. The van der Waals surface area contributed by atoms with Crippen LogP contribution in [0.1, 0.15) is 21.7 Å². The average Bonchev–Trinajstić information content (AvgIpc) is 2.84. The van der Waals surface area contributed by atoms with Crippen LogP contribution in [0.25, 0.3) is 0 Å². The lowest BCUT2D eigenvalue weighted by Crippen LogP contribution is -2.31. The number of methoxy groups -OCH3 is 1. The summed E-state index contributed by atoms with van der Waals surface area (Å²) in [6.07, 6.45) is 4.21. The third kappa shape index (κ3) is 7.17. The van der Waals surface area contributed by atoms with Crippen molar-refractivity contribution in [1.29, 1.82) is 0 Å². The van der Waals surface area contributed by atoms with Gasteiger partial charge in [-0.05, 0) is 30.7 Å². The highest BCUT2D eigenvalue weighted by molar-refractivity contribution is 5.99. The molecule has 0 atom stereocenters. The number of hydrogen-bond acceptors (Lipinski definition) is 7. The molecule has 1 amide bonds. The van der Waals surface area contributed by atoms with E-state index in [1.807, 2.05) is 60.7 Å². The van der Waals surface area contributed by atoms with Gasteiger partial charge >= 0.3 is 6.16 Å². The number of aryl methyl sites for hydroxylation is 1. The zero-order valence-corrected chi connectivity index (χ0v) is 18.6. The largest absolute Gasteiger partial charge is 0.508 e. The lowest BCUT2D eigenvalue weighted by Gasteiger charge is -2.23. The van der Waals surface area contributed by atoms with Gasteiger partial charge in [0.2, 0.25) is 0 Å². The number of aromatic nitrogens is 2. The summed E-state index contributed by atoms with van der Waals surface area (Å²) in [4.78, 5) is 35.0. The zero-order chi connectivity index (χ0) is 23.5. The van der Waals surface area contributed by atoms with Crippen molar-refractivity contribution >= 4 is 23.6 Å². The Morgan fingerprint density at radius 2 is 1.73 bits per heavy atom. The molecule has 0 saturated heterocycles. The van der Waals surface area contributed by atoms with E-state index in [0.717, 1.165) is 11.3 Å². The minimum Gasteiger partial charge on any atom is -0.438 e. The Balaban J connectivity index is 1.82. The SMILES string of the molecule is COC(=O)OC/C=C/CN(Cc1ccccc1)C(=O)c1cnc(C)nc1Nc1ccccc1. The van der Waals surface area contributed by atoms with Crippen LogP contribution in [-0.2, 0) is 16.0 Å². The van der Waals surface area contributed by atoms with Crippen LogP contribution in [0.2, 0.25) is 0 Å². The predicted octanol–water partition coefficient (Wildman–Crippen LogP) is 4.51.